The van der Waals surface area contributed by atoms with E-state index in [9.17, 15) is 9.18 Å². The zero-order valence-corrected chi connectivity index (χ0v) is 11.8. The smallest absolute Gasteiger partial charge is 0.225 e. The minimum atomic E-state index is -0.391. The van der Waals surface area contributed by atoms with E-state index in [4.69, 9.17) is 5.26 Å². The first kappa shape index (κ1) is 13.9. The fourth-order valence-corrected chi connectivity index (χ4v) is 2.79. The minimum Gasteiger partial charge on any atom is -0.368 e. The molecule has 0 spiro atoms. The van der Waals surface area contributed by atoms with Crippen LogP contribution in [0.3, 0.4) is 0 Å². The van der Waals surface area contributed by atoms with E-state index in [0.717, 1.165) is 32.2 Å². The van der Waals surface area contributed by atoms with Gasteiger partial charge in [-0.1, -0.05) is 0 Å². The van der Waals surface area contributed by atoms with Crippen molar-refractivity contribution < 1.29 is 9.18 Å². The van der Waals surface area contributed by atoms with Gasteiger partial charge >= 0.3 is 0 Å². The molecule has 0 aromatic heterocycles. The molecule has 2 aliphatic rings. The van der Waals surface area contributed by atoms with Gasteiger partial charge in [0.2, 0.25) is 5.91 Å². The van der Waals surface area contributed by atoms with Gasteiger partial charge in [-0.2, -0.15) is 5.26 Å². The number of rotatable bonds is 3. The van der Waals surface area contributed by atoms with Gasteiger partial charge in [0.1, 0.15) is 5.82 Å². The van der Waals surface area contributed by atoms with Crippen molar-refractivity contribution in [3.8, 4) is 6.07 Å². The van der Waals surface area contributed by atoms with Crippen LogP contribution in [-0.4, -0.2) is 25.0 Å². The topological polar surface area (TPSA) is 56.1 Å². The fraction of sp³-hybridized carbons (Fsp3) is 0.500. The van der Waals surface area contributed by atoms with Gasteiger partial charge in [0.25, 0.3) is 0 Å². The average molecular weight is 287 g/mol. The van der Waals surface area contributed by atoms with E-state index in [1.165, 1.54) is 6.07 Å². The quantitative estimate of drug-likeness (QED) is 0.927. The van der Waals surface area contributed by atoms with Crippen LogP contribution in [0.25, 0.3) is 0 Å². The summed E-state index contributed by atoms with van der Waals surface area (Å²) in [6, 6.07) is 6.80. The zero-order valence-electron chi connectivity index (χ0n) is 11.8. The first-order chi connectivity index (χ1) is 10.2. The zero-order chi connectivity index (χ0) is 14.8. The Labute approximate surface area is 123 Å². The van der Waals surface area contributed by atoms with Crippen molar-refractivity contribution in [3.63, 3.8) is 0 Å². The highest BCUT2D eigenvalue weighted by atomic mass is 19.1. The van der Waals surface area contributed by atoms with E-state index >= 15 is 0 Å². The van der Waals surface area contributed by atoms with Gasteiger partial charge < -0.3 is 10.2 Å². The SMILES string of the molecule is N#Cc1ccc(N2CCC[C@H](C(=O)NC3CC3)C2)c(F)c1. The molecule has 1 aliphatic heterocycles. The summed E-state index contributed by atoms with van der Waals surface area (Å²) in [4.78, 5) is 14.0. The summed E-state index contributed by atoms with van der Waals surface area (Å²) in [6.45, 7) is 1.29. The lowest BCUT2D eigenvalue weighted by Gasteiger charge is -2.34. The molecule has 1 atom stereocenters. The number of piperidine rings is 1. The second-order valence-corrected chi connectivity index (χ2v) is 5.85. The maximum atomic E-state index is 14.1. The van der Waals surface area contributed by atoms with E-state index in [2.05, 4.69) is 5.32 Å². The lowest BCUT2D eigenvalue weighted by molar-refractivity contribution is -0.125. The van der Waals surface area contributed by atoms with E-state index < -0.39 is 5.82 Å². The van der Waals surface area contributed by atoms with Crippen LogP contribution in [0.2, 0.25) is 0 Å². The Balaban J connectivity index is 1.70. The Morgan fingerprint density at radius 1 is 1.38 bits per heavy atom. The van der Waals surface area contributed by atoms with Gasteiger partial charge in [0.05, 0.1) is 23.2 Å². The van der Waals surface area contributed by atoms with Crippen molar-refractivity contribution >= 4 is 11.6 Å². The number of nitrogens with zero attached hydrogens (tertiary/aromatic N) is 2. The Morgan fingerprint density at radius 2 is 2.19 bits per heavy atom. The second-order valence-electron chi connectivity index (χ2n) is 5.85. The van der Waals surface area contributed by atoms with Crippen LogP contribution in [0.4, 0.5) is 10.1 Å². The van der Waals surface area contributed by atoms with Crippen LogP contribution in [0, 0.1) is 23.1 Å². The monoisotopic (exact) mass is 287 g/mol. The predicted molar refractivity (Wildman–Crippen MR) is 77.2 cm³/mol. The molecule has 1 amide bonds. The van der Waals surface area contributed by atoms with Crippen LogP contribution in [-0.2, 0) is 4.79 Å². The van der Waals surface area contributed by atoms with E-state index in [0.29, 0.717) is 23.8 Å². The lowest BCUT2D eigenvalue weighted by atomic mass is 9.96. The van der Waals surface area contributed by atoms with Crippen molar-refractivity contribution in [1.29, 1.82) is 5.26 Å². The Kier molecular flexibility index (Phi) is 3.78. The summed E-state index contributed by atoms with van der Waals surface area (Å²) in [5.74, 6) is -0.372. The fourth-order valence-electron chi connectivity index (χ4n) is 2.79. The van der Waals surface area contributed by atoms with E-state index in [-0.39, 0.29) is 11.8 Å². The molecular weight excluding hydrogens is 269 g/mol. The van der Waals surface area contributed by atoms with Gasteiger partial charge in [-0.25, -0.2) is 4.39 Å². The summed E-state index contributed by atoms with van der Waals surface area (Å²) < 4.78 is 14.1. The second kappa shape index (κ2) is 5.72. The minimum absolute atomic E-state index is 0.0746. The highest BCUT2D eigenvalue weighted by Gasteiger charge is 2.31. The van der Waals surface area contributed by atoms with E-state index in [1.807, 2.05) is 11.0 Å². The molecule has 110 valence electrons. The number of carbonyl (C=O) groups excluding carboxylic acids is 1. The standard InChI is InChI=1S/C16H18FN3O/c17-14-8-11(9-18)3-6-15(14)20-7-1-2-12(10-20)16(21)19-13-4-5-13/h3,6,8,12-13H,1-2,4-5,7,10H2,(H,19,21)/t12-/m0/s1. The van der Waals surface area contributed by atoms with Crippen molar-refractivity contribution in [2.24, 2.45) is 5.92 Å². The number of nitrogens with one attached hydrogen (secondary N) is 1. The number of carbonyl (C=O) groups is 1. The van der Waals surface area contributed by atoms with Gasteiger partial charge in [-0.05, 0) is 43.9 Å². The predicted octanol–water partition coefficient (Wildman–Crippen LogP) is 2.19. The average Bonchev–Trinajstić information content (AvgIpc) is 3.31. The Hall–Kier alpha value is -2.09. The van der Waals surface area contributed by atoms with Crippen LogP contribution in [0.15, 0.2) is 18.2 Å². The number of anilines is 1. The molecule has 1 saturated heterocycles. The molecule has 1 aromatic carbocycles. The number of halogens is 1. The molecule has 1 aromatic rings. The molecule has 1 saturated carbocycles. The summed E-state index contributed by atoms with van der Waals surface area (Å²) in [7, 11) is 0. The number of benzene rings is 1. The van der Waals surface area contributed by atoms with Crippen LogP contribution in [0.5, 0.6) is 0 Å². The number of amides is 1. The normalized spacial score (nSPS) is 21.7. The maximum Gasteiger partial charge on any atom is 0.225 e. The van der Waals surface area contributed by atoms with Crippen molar-refractivity contribution in [2.45, 2.75) is 31.7 Å². The van der Waals surface area contributed by atoms with Crippen LogP contribution < -0.4 is 10.2 Å². The van der Waals surface area contributed by atoms with Crippen LogP contribution in [0.1, 0.15) is 31.2 Å². The Morgan fingerprint density at radius 3 is 2.86 bits per heavy atom. The number of nitriles is 1. The molecule has 0 radical (unpaired) electrons. The highest BCUT2D eigenvalue weighted by molar-refractivity contribution is 5.80. The largest absolute Gasteiger partial charge is 0.368 e. The summed E-state index contributed by atoms with van der Waals surface area (Å²) >= 11 is 0. The molecule has 0 unspecified atom stereocenters. The number of hydrogen-bond donors (Lipinski definition) is 1. The van der Waals surface area contributed by atoms with Crippen molar-refractivity contribution in [3.05, 3.63) is 29.6 Å². The summed E-state index contributed by atoms with van der Waals surface area (Å²) in [5, 5.41) is 11.8. The molecule has 4 nitrogen and oxygen atoms in total. The maximum absolute atomic E-state index is 14.1. The molecule has 1 heterocycles. The first-order valence-corrected chi connectivity index (χ1v) is 7.42. The third-order valence-corrected chi connectivity index (χ3v) is 4.13. The number of hydrogen-bond acceptors (Lipinski definition) is 3. The molecular formula is C16H18FN3O. The molecule has 2 fully saturated rings. The molecule has 21 heavy (non-hydrogen) atoms. The molecule has 1 N–H and O–H groups in total. The Bertz CT molecular complexity index is 592. The third kappa shape index (κ3) is 3.15. The molecule has 3 rings (SSSR count). The highest BCUT2D eigenvalue weighted by Crippen LogP contribution is 2.27. The van der Waals surface area contributed by atoms with Gasteiger partial charge in [-0.3, -0.25) is 4.79 Å². The molecule has 1 aliphatic carbocycles. The molecule has 5 heteroatoms. The summed E-state index contributed by atoms with van der Waals surface area (Å²) in [6.07, 6.45) is 3.88. The third-order valence-electron chi connectivity index (χ3n) is 4.13. The van der Waals surface area contributed by atoms with Gasteiger partial charge in [0.15, 0.2) is 0 Å². The summed E-state index contributed by atoms with van der Waals surface area (Å²) in [5.41, 5.74) is 0.800. The first-order valence-electron chi connectivity index (χ1n) is 7.42. The lowest BCUT2D eigenvalue weighted by Crippen LogP contribution is -2.44. The van der Waals surface area contributed by atoms with Gasteiger partial charge in [-0.15, -0.1) is 0 Å². The molecule has 0 bridgehead atoms. The van der Waals surface area contributed by atoms with Crippen LogP contribution >= 0.6 is 0 Å². The van der Waals surface area contributed by atoms with E-state index in [1.54, 1.807) is 12.1 Å². The van der Waals surface area contributed by atoms with Crippen molar-refractivity contribution in [2.75, 3.05) is 18.0 Å². The van der Waals surface area contributed by atoms with Crippen molar-refractivity contribution in [1.82, 2.24) is 5.32 Å². The van der Waals surface area contributed by atoms with Gasteiger partial charge in [0, 0.05) is 19.1 Å².